The number of hydrogen-bond acceptors (Lipinski definition) is 7. The lowest BCUT2D eigenvalue weighted by molar-refractivity contribution is -0.138. The van der Waals surface area contributed by atoms with Crippen molar-refractivity contribution in [3.05, 3.63) is 110 Å². The number of nitrogens with zero attached hydrogens (tertiary/aromatic N) is 1. The van der Waals surface area contributed by atoms with Gasteiger partial charge in [-0.15, -0.1) is 0 Å². The van der Waals surface area contributed by atoms with Gasteiger partial charge in [-0.3, -0.25) is 4.79 Å². The molecule has 1 amide bonds. The first-order chi connectivity index (χ1) is 18.8. The molecule has 0 radical (unpaired) electrons. The van der Waals surface area contributed by atoms with Gasteiger partial charge in [-0.05, 0) is 60.5 Å². The second-order valence-corrected chi connectivity index (χ2v) is 9.53. The van der Waals surface area contributed by atoms with E-state index in [4.69, 9.17) is 25.8 Å². The van der Waals surface area contributed by atoms with Crippen LogP contribution < -0.4 is 9.47 Å². The van der Waals surface area contributed by atoms with Crippen molar-refractivity contribution >= 4 is 46.4 Å². The standard InChI is InChI=1S/C29H23ClFNO6S/c1-3-37-29(35)24-25(33)23(39-28(24)32-27(34)19-9-5-4-6-10-19)15-18-13-21(30)26(22(14-18)36-2)38-16-17-8-7-11-20(31)12-17/h4-15,33H,3,16H2,1-2H3/b23-15-,32-28?. The van der Waals surface area contributed by atoms with Crippen molar-refractivity contribution in [1.82, 2.24) is 0 Å². The van der Waals surface area contributed by atoms with Gasteiger partial charge >= 0.3 is 5.97 Å². The van der Waals surface area contributed by atoms with Crippen LogP contribution in [0.25, 0.3) is 6.08 Å². The van der Waals surface area contributed by atoms with E-state index in [1.54, 1.807) is 67.6 Å². The van der Waals surface area contributed by atoms with E-state index >= 15 is 0 Å². The van der Waals surface area contributed by atoms with Crippen LogP contribution in [-0.2, 0) is 16.1 Å². The fourth-order valence-corrected chi connectivity index (χ4v) is 4.91. The first kappa shape index (κ1) is 27.9. The van der Waals surface area contributed by atoms with E-state index < -0.39 is 11.9 Å². The molecule has 1 aliphatic heterocycles. The third-order valence-corrected chi connectivity index (χ3v) is 6.72. The number of ether oxygens (including phenoxy) is 3. The molecule has 3 aromatic carbocycles. The van der Waals surface area contributed by atoms with Gasteiger partial charge in [0.25, 0.3) is 5.91 Å². The van der Waals surface area contributed by atoms with Crippen LogP contribution in [-0.4, -0.2) is 35.7 Å². The van der Waals surface area contributed by atoms with Crippen LogP contribution in [0, 0.1) is 5.82 Å². The zero-order chi connectivity index (χ0) is 27.9. The summed E-state index contributed by atoms with van der Waals surface area (Å²) in [6.45, 7) is 1.77. The first-order valence-electron chi connectivity index (χ1n) is 11.7. The number of thioether (sulfide) groups is 1. The lowest BCUT2D eigenvalue weighted by Crippen LogP contribution is -2.14. The second-order valence-electron chi connectivity index (χ2n) is 8.10. The Morgan fingerprint density at radius 2 is 1.87 bits per heavy atom. The van der Waals surface area contributed by atoms with E-state index in [2.05, 4.69) is 4.99 Å². The van der Waals surface area contributed by atoms with Gasteiger partial charge in [0.1, 0.15) is 28.8 Å². The SMILES string of the molecule is CCOC(=O)C1=C(O)/C(=C/c2cc(Cl)c(OCc3cccc(F)c3)c(OC)c2)SC1=NC(=O)c1ccccc1. The molecule has 1 heterocycles. The molecule has 0 saturated heterocycles. The zero-order valence-electron chi connectivity index (χ0n) is 20.9. The number of aliphatic imine (C=N–C) groups is 1. The molecule has 1 N–H and O–H groups in total. The van der Waals surface area contributed by atoms with Crippen LogP contribution in [0.5, 0.6) is 11.5 Å². The molecule has 0 aliphatic carbocycles. The summed E-state index contributed by atoms with van der Waals surface area (Å²) in [5.41, 5.74) is 1.25. The molecule has 0 aromatic heterocycles. The third kappa shape index (κ3) is 6.68. The largest absolute Gasteiger partial charge is 0.506 e. The maximum absolute atomic E-state index is 13.5. The van der Waals surface area contributed by atoms with E-state index in [1.807, 2.05) is 0 Å². The first-order valence-corrected chi connectivity index (χ1v) is 12.9. The minimum absolute atomic E-state index is 0.0131. The van der Waals surface area contributed by atoms with Crippen LogP contribution in [0.4, 0.5) is 4.39 Å². The topological polar surface area (TPSA) is 94.4 Å². The van der Waals surface area contributed by atoms with Crippen molar-refractivity contribution in [3.8, 4) is 11.5 Å². The lowest BCUT2D eigenvalue weighted by atomic mass is 10.1. The van der Waals surface area contributed by atoms with Crippen molar-refractivity contribution in [1.29, 1.82) is 0 Å². The molecule has 0 spiro atoms. The number of aliphatic hydroxyl groups excluding tert-OH is 1. The molecule has 0 bridgehead atoms. The number of benzene rings is 3. The fourth-order valence-electron chi connectivity index (χ4n) is 3.63. The fraction of sp³-hybridized carbons (Fsp3) is 0.138. The van der Waals surface area contributed by atoms with Gasteiger partial charge in [0.2, 0.25) is 0 Å². The highest BCUT2D eigenvalue weighted by atomic mass is 35.5. The van der Waals surface area contributed by atoms with Crippen molar-refractivity contribution < 1.29 is 33.3 Å². The number of methoxy groups -OCH3 is 1. The Bertz CT molecular complexity index is 1500. The highest BCUT2D eigenvalue weighted by molar-refractivity contribution is 8.18. The van der Waals surface area contributed by atoms with Crippen LogP contribution in [0.1, 0.15) is 28.4 Å². The second kappa shape index (κ2) is 12.6. The molecule has 0 fully saturated rings. The molecule has 1 aliphatic rings. The van der Waals surface area contributed by atoms with E-state index in [0.717, 1.165) is 11.8 Å². The summed E-state index contributed by atoms with van der Waals surface area (Å²) in [5.74, 6) is -1.57. The number of esters is 1. The van der Waals surface area contributed by atoms with Crippen molar-refractivity contribution in [3.63, 3.8) is 0 Å². The number of carbonyl (C=O) groups is 2. The maximum Gasteiger partial charge on any atom is 0.344 e. The Kier molecular flexibility index (Phi) is 9.06. The molecule has 0 saturated carbocycles. The molecule has 10 heteroatoms. The minimum atomic E-state index is -0.803. The summed E-state index contributed by atoms with van der Waals surface area (Å²) < 4.78 is 29.8. The van der Waals surface area contributed by atoms with Crippen LogP contribution in [0.2, 0.25) is 5.02 Å². The van der Waals surface area contributed by atoms with Crippen LogP contribution in [0.3, 0.4) is 0 Å². The van der Waals surface area contributed by atoms with E-state index in [-0.39, 0.29) is 51.1 Å². The van der Waals surface area contributed by atoms with Gasteiger partial charge in [0.05, 0.1) is 23.6 Å². The van der Waals surface area contributed by atoms with Gasteiger partial charge in [0.15, 0.2) is 11.5 Å². The predicted octanol–water partition coefficient (Wildman–Crippen LogP) is 6.77. The van der Waals surface area contributed by atoms with Gasteiger partial charge in [0, 0.05) is 5.56 Å². The molecule has 4 rings (SSSR count). The predicted molar refractivity (Wildman–Crippen MR) is 149 cm³/mol. The van der Waals surface area contributed by atoms with Gasteiger partial charge in [-0.25, -0.2) is 14.2 Å². The molecular formula is C29H23ClFNO6S. The Morgan fingerprint density at radius 1 is 1.10 bits per heavy atom. The van der Waals surface area contributed by atoms with Crippen molar-refractivity contribution in [2.45, 2.75) is 13.5 Å². The van der Waals surface area contributed by atoms with Crippen LogP contribution in [0.15, 0.2) is 88.0 Å². The molecular weight excluding hydrogens is 545 g/mol. The van der Waals surface area contributed by atoms with Gasteiger partial charge in [-0.2, -0.15) is 0 Å². The quantitative estimate of drug-likeness (QED) is 0.300. The summed E-state index contributed by atoms with van der Waals surface area (Å²) in [6, 6.07) is 17.6. The minimum Gasteiger partial charge on any atom is -0.506 e. The van der Waals surface area contributed by atoms with Crippen LogP contribution >= 0.6 is 23.4 Å². The Balaban J connectivity index is 1.66. The number of aliphatic hydroxyl groups is 1. The average molecular weight is 568 g/mol. The molecule has 200 valence electrons. The smallest absolute Gasteiger partial charge is 0.344 e. The highest BCUT2D eigenvalue weighted by Crippen LogP contribution is 2.42. The number of rotatable bonds is 8. The van der Waals surface area contributed by atoms with Crippen molar-refractivity contribution in [2.24, 2.45) is 4.99 Å². The zero-order valence-corrected chi connectivity index (χ0v) is 22.5. The van der Waals surface area contributed by atoms with Gasteiger partial charge < -0.3 is 19.3 Å². The highest BCUT2D eigenvalue weighted by Gasteiger charge is 2.34. The number of carbonyl (C=O) groups excluding carboxylic acids is 2. The summed E-state index contributed by atoms with van der Waals surface area (Å²) in [5, 5.41) is 11.1. The number of hydrogen-bond donors (Lipinski definition) is 1. The summed E-state index contributed by atoms with van der Waals surface area (Å²) in [6.07, 6.45) is 1.57. The molecule has 0 atom stereocenters. The van der Waals surface area contributed by atoms with E-state index in [0.29, 0.717) is 22.4 Å². The summed E-state index contributed by atoms with van der Waals surface area (Å²) in [4.78, 5) is 29.7. The summed E-state index contributed by atoms with van der Waals surface area (Å²) in [7, 11) is 1.44. The van der Waals surface area contributed by atoms with Gasteiger partial charge in [-0.1, -0.05) is 53.7 Å². The Labute approximate surface area is 233 Å². The molecule has 7 nitrogen and oxygen atoms in total. The average Bonchev–Trinajstić information content (AvgIpc) is 3.22. The number of amides is 1. The maximum atomic E-state index is 13.5. The van der Waals surface area contributed by atoms with E-state index in [9.17, 15) is 19.1 Å². The normalized spacial score (nSPS) is 15.1. The summed E-state index contributed by atoms with van der Waals surface area (Å²) >= 11 is 7.43. The molecule has 3 aromatic rings. The Morgan fingerprint density at radius 3 is 2.56 bits per heavy atom. The molecule has 39 heavy (non-hydrogen) atoms. The Hall–Kier alpha value is -4.08. The lowest BCUT2D eigenvalue weighted by Gasteiger charge is -2.14. The van der Waals surface area contributed by atoms with Crippen molar-refractivity contribution in [2.75, 3.05) is 13.7 Å². The molecule has 0 unspecified atom stereocenters. The van der Waals surface area contributed by atoms with E-state index in [1.165, 1.54) is 19.2 Å². The monoisotopic (exact) mass is 567 g/mol. The third-order valence-electron chi connectivity index (χ3n) is 5.42. The number of halogens is 2.